The molecule has 2 fully saturated rings. The third-order valence-corrected chi connectivity index (χ3v) is 3.17. The van der Waals surface area contributed by atoms with E-state index in [0.29, 0.717) is 13.2 Å². The molecule has 2 aliphatic heterocycles. The molecule has 98 valence electrons. The Labute approximate surface area is 107 Å². The summed E-state index contributed by atoms with van der Waals surface area (Å²) in [6, 6.07) is 7.68. The largest absolute Gasteiger partial charge is 0.490 e. The van der Waals surface area contributed by atoms with Crippen LogP contribution in [0.5, 0.6) is 11.5 Å². The molecule has 4 heteroatoms. The number of rotatable bonds is 6. The van der Waals surface area contributed by atoms with Gasteiger partial charge in [-0.15, -0.1) is 0 Å². The zero-order chi connectivity index (χ0) is 12.6. The quantitative estimate of drug-likeness (QED) is 0.724. The summed E-state index contributed by atoms with van der Waals surface area (Å²) in [4.78, 5) is 0. The summed E-state index contributed by atoms with van der Waals surface area (Å²) in [7, 11) is 0. The number of hydrogen-bond acceptors (Lipinski definition) is 4. The molecule has 2 atom stereocenters. The minimum Gasteiger partial charge on any atom is -0.490 e. The van der Waals surface area contributed by atoms with Crippen LogP contribution < -0.4 is 9.47 Å². The number of hydrogen-bond donors (Lipinski definition) is 0. The van der Waals surface area contributed by atoms with E-state index >= 15 is 0 Å². The van der Waals surface area contributed by atoms with Gasteiger partial charge in [-0.2, -0.15) is 0 Å². The van der Waals surface area contributed by atoms with Crippen LogP contribution >= 0.6 is 0 Å². The molecule has 18 heavy (non-hydrogen) atoms. The maximum atomic E-state index is 5.68. The zero-order valence-electron chi connectivity index (χ0n) is 10.8. The van der Waals surface area contributed by atoms with Gasteiger partial charge < -0.3 is 18.9 Å². The van der Waals surface area contributed by atoms with Crippen LogP contribution in [0, 0.1) is 0 Å². The minimum absolute atomic E-state index is 0.0911. The Morgan fingerprint density at radius 2 is 1.44 bits per heavy atom. The molecular weight excluding hydrogens is 232 g/mol. The van der Waals surface area contributed by atoms with Crippen LogP contribution in [0.2, 0.25) is 0 Å². The van der Waals surface area contributed by atoms with E-state index in [-0.39, 0.29) is 11.2 Å². The van der Waals surface area contributed by atoms with Gasteiger partial charge in [0.05, 0.1) is 13.2 Å². The second-order valence-corrected chi connectivity index (χ2v) is 5.53. The number of ether oxygens (including phenoxy) is 4. The van der Waals surface area contributed by atoms with Crippen LogP contribution in [0.25, 0.3) is 0 Å². The van der Waals surface area contributed by atoms with Crippen LogP contribution in [0.15, 0.2) is 24.3 Å². The summed E-state index contributed by atoms with van der Waals surface area (Å²) in [6.07, 6.45) is 0. The van der Waals surface area contributed by atoms with Crippen LogP contribution in [0.4, 0.5) is 0 Å². The normalized spacial score (nSPS) is 33.0. The van der Waals surface area contributed by atoms with Crippen molar-refractivity contribution in [2.24, 2.45) is 0 Å². The van der Waals surface area contributed by atoms with Gasteiger partial charge >= 0.3 is 0 Å². The molecule has 0 spiro atoms. The summed E-state index contributed by atoms with van der Waals surface area (Å²) in [5, 5.41) is 0. The average molecular weight is 250 g/mol. The lowest BCUT2D eigenvalue weighted by Gasteiger charge is -2.12. The molecular formula is C14H18O4. The van der Waals surface area contributed by atoms with E-state index in [1.165, 1.54) is 0 Å². The molecule has 0 bridgehead atoms. The summed E-state index contributed by atoms with van der Waals surface area (Å²) >= 11 is 0. The maximum Gasteiger partial charge on any atom is 0.123 e. The molecule has 0 saturated carbocycles. The number of epoxide rings is 2. The van der Waals surface area contributed by atoms with E-state index < -0.39 is 0 Å². The Morgan fingerprint density at radius 3 is 1.83 bits per heavy atom. The van der Waals surface area contributed by atoms with E-state index in [0.717, 1.165) is 24.7 Å². The first-order chi connectivity index (χ1) is 8.57. The first kappa shape index (κ1) is 11.8. The third-order valence-electron chi connectivity index (χ3n) is 3.17. The van der Waals surface area contributed by atoms with Crippen LogP contribution in [0.1, 0.15) is 13.8 Å². The van der Waals surface area contributed by atoms with Crippen molar-refractivity contribution in [1.82, 2.24) is 0 Å². The fourth-order valence-electron chi connectivity index (χ4n) is 1.54. The van der Waals surface area contributed by atoms with Crippen molar-refractivity contribution in [3.8, 4) is 11.5 Å². The lowest BCUT2D eigenvalue weighted by atomic mass is 10.2. The van der Waals surface area contributed by atoms with Crippen molar-refractivity contribution in [3.05, 3.63) is 24.3 Å². The fourth-order valence-corrected chi connectivity index (χ4v) is 1.54. The molecule has 2 unspecified atom stereocenters. The van der Waals surface area contributed by atoms with Gasteiger partial charge in [0.2, 0.25) is 0 Å². The Morgan fingerprint density at radius 1 is 1.00 bits per heavy atom. The van der Waals surface area contributed by atoms with Crippen molar-refractivity contribution in [2.75, 3.05) is 26.4 Å². The van der Waals surface area contributed by atoms with Gasteiger partial charge in [-0.1, -0.05) is 6.07 Å². The maximum absolute atomic E-state index is 5.68. The number of benzene rings is 1. The van der Waals surface area contributed by atoms with Gasteiger partial charge in [0.25, 0.3) is 0 Å². The van der Waals surface area contributed by atoms with Gasteiger partial charge in [-0.3, -0.25) is 0 Å². The molecule has 0 N–H and O–H groups in total. The smallest absolute Gasteiger partial charge is 0.123 e. The van der Waals surface area contributed by atoms with E-state index in [4.69, 9.17) is 18.9 Å². The monoisotopic (exact) mass is 250 g/mol. The molecule has 4 nitrogen and oxygen atoms in total. The molecule has 2 aliphatic rings. The molecule has 0 amide bonds. The highest BCUT2D eigenvalue weighted by molar-refractivity contribution is 5.33. The van der Waals surface area contributed by atoms with Crippen molar-refractivity contribution in [3.63, 3.8) is 0 Å². The Hall–Kier alpha value is -1.26. The molecule has 0 radical (unpaired) electrons. The van der Waals surface area contributed by atoms with Crippen LogP contribution in [-0.4, -0.2) is 37.6 Å². The SMILES string of the molecule is CC1(COc2cccc(OCC3(C)CO3)c2)CO1. The second kappa shape index (κ2) is 4.14. The minimum atomic E-state index is -0.0911. The first-order valence-corrected chi connectivity index (χ1v) is 6.21. The predicted molar refractivity (Wildman–Crippen MR) is 66.1 cm³/mol. The molecule has 2 saturated heterocycles. The highest BCUT2D eigenvalue weighted by atomic mass is 16.6. The van der Waals surface area contributed by atoms with Gasteiger partial charge in [0.15, 0.2) is 0 Å². The highest BCUT2D eigenvalue weighted by Gasteiger charge is 2.41. The van der Waals surface area contributed by atoms with E-state index in [1.807, 2.05) is 38.1 Å². The summed E-state index contributed by atoms with van der Waals surface area (Å²) in [6.45, 7) is 6.80. The third kappa shape index (κ3) is 2.94. The molecule has 0 aliphatic carbocycles. The van der Waals surface area contributed by atoms with Crippen molar-refractivity contribution in [1.29, 1.82) is 0 Å². The van der Waals surface area contributed by atoms with Crippen LogP contribution in [0.3, 0.4) is 0 Å². The Balaban J connectivity index is 1.54. The van der Waals surface area contributed by atoms with E-state index in [2.05, 4.69) is 0 Å². The standard InChI is InChI=1S/C14H18O4/c1-13(9-17-13)7-15-11-4-3-5-12(6-11)16-8-14(2)10-18-14/h3-6H,7-10H2,1-2H3. The van der Waals surface area contributed by atoms with Crippen molar-refractivity contribution < 1.29 is 18.9 Å². The molecule has 1 aromatic rings. The van der Waals surface area contributed by atoms with Crippen LogP contribution in [-0.2, 0) is 9.47 Å². The van der Waals surface area contributed by atoms with Gasteiger partial charge in [-0.05, 0) is 26.0 Å². The van der Waals surface area contributed by atoms with E-state index in [9.17, 15) is 0 Å². The lowest BCUT2D eigenvalue weighted by molar-refractivity contribution is 0.195. The zero-order valence-corrected chi connectivity index (χ0v) is 10.8. The van der Waals surface area contributed by atoms with Crippen molar-refractivity contribution in [2.45, 2.75) is 25.0 Å². The highest BCUT2D eigenvalue weighted by Crippen LogP contribution is 2.29. The average Bonchev–Trinajstić information content (AvgIpc) is 3.27. The summed E-state index contributed by atoms with van der Waals surface area (Å²) in [5.41, 5.74) is -0.182. The summed E-state index contributed by atoms with van der Waals surface area (Å²) in [5.74, 6) is 1.62. The molecule has 0 aromatic heterocycles. The molecule has 2 heterocycles. The Kier molecular flexibility index (Phi) is 2.72. The topological polar surface area (TPSA) is 43.5 Å². The lowest BCUT2D eigenvalue weighted by Crippen LogP contribution is -2.18. The molecule has 1 aromatic carbocycles. The van der Waals surface area contributed by atoms with Gasteiger partial charge in [0.1, 0.15) is 35.9 Å². The predicted octanol–water partition coefficient (Wildman–Crippen LogP) is 2.02. The first-order valence-electron chi connectivity index (χ1n) is 6.21. The Bertz CT molecular complexity index is 398. The van der Waals surface area contributed by atoms with Gasteiger partial charge in [-0.25, -0.2) is 0 Å². The fraction of sp³-hybridized carbons (Fsp3) is 0.571. The van der Waals surface area contributed by atoms with Crippen molar-refractivity contribution >= 4 is 0 Å². The van der Waals surface area contributed by atoms with Gasteiger partial charge in [0, 0.05) is 6.07 Å². The van der Waals surface area contributed by atoms with E-state index in [1.54, 1.807) is 0 Å². The summed E-state index contributed by atoms with van der Waals surface area (Å²) < 4.78 is 21.9. The second-order valence-electron chi connectivity index (χ2n) is 5.53. The molecule has 3 rings (SSSR count).